The summed E-state index contributed by atoms with van der Waals surface area (Å²) >= 11 is 0. The molecule has 28 heavy (non-hydrogen) atoms. The van der Waals surface area contributed by atoms with Gasteiger partial charge in [0.25, 0.3) is 0 Å². The van der Waals surface area contributed by atoms with Gasteiger partial charge >= 0.3 is 57.1 Å². The first kappa shape index (κ1) is 44.6. The number of quaternary nitrogens is 1. The van der Waals surface area contributed by atoms with E-state index in [2.05, 4.69) is 32.8 Å². The zero-order chi connectivity index (χ0) is 21.2. The SMILES string of the molecule is NN=C([O-])C([O-])=NN.O=[N+]([O-])[O-].O=[N+]([O-])[O-].[Cu+2].[Cu+2].[Cu+2].[NH-][NH+]([O-])C(=O)C([O-])=NN. The smallest absolute Gasteiger partial charge is 0.857 e. The van der Waals surface area contributed by atoms with Crippen molar-refractivity contribution in [3.05, 3.63) is 41.7 Å². The van der Waals surface area contributed by atoms with E-state index in [1.807, 2.05) is 0 Å². The molecule has 0 aromatic carbocycles. The van der Waals surface area contributed by atoms with Crippen molar-refractivity contribution in [2.75, 3.05) is 0 Å². The molecular formula is C4H8Cu3N10O11. The second-order valence-electron chi connectivity index (χ2n) is 2.41. The minimum Gasteiger partial charge on any atom is -0.857 e. The van der Waals surface area contributed by atoms with Gasteiger partial charge in [-0.2, -0.15) is 15.3 Å². The third-order valence-electron chi connectivity index (χ3n) is 0.935. The Balaban J connectivity index is -0.0000000429. The molecule has 24 heteroatoms. The average Bonchev–Trinajstić information content (AvgIpc) is 2.51. The van der Waals surface area contributed by atoms with Gasteiger partial charge in [-0.25, -0.2) is 4.79 Å². The van der Waals surface area contributed by atoms with E-state index >= 15 is 0 Å². The van der Waals surface area contributed by atoms with Crippen LogP contribution in [0.5, 0.6) is 0 Å². The zero-order valence-corrected chi connectivity index (χ0v) is 15.2. The Hall–Kier alpha value is -2.68. The molecule has 8 N–H and O–H groups in total. The van der Waals surface area contributed by atoms with E-state index in [-0.39, 0.29) is 51.2 Å². The molecule has 0 aliphatic carbocycles. The third kappa shape index (κ3) is 49.5. The van der Waals surface area contributed by atoms with Crippen LogP contribution in [0.15, 0.2) is 15.3 Å². The van der Waals surface area contributed by atoms with E-state index < -0.39 is 38.9 Å². The monoisotopic (exact) mass is 561 g/mol. The summed E-state index contributed by atoms with van der Waals surface area (Å²) < 4.78 is 0. The molecule has 173 valence electrons. The van der Waals surface area contributed by atoms with Crippen molar-refractivity contribution in [2.24, 2.45) is 32.8 Å². The van der Waals surface area contributed by atoms with Crippen LogP contribution in [-0.4, -0.2) is 33.8 Å². The number of nitrogens with one attached hydrogen (secondary N) is 2. The second kappa shape index (κ2) is 29.1. The van der Waals surface area contributed by atoms with Gasteiger partial charge in [-0.1, -0.05) is 0 Å². The molecule has 0 spiro atoms. The van der Waals surface area contributed by atoms with Gasteiger partial charge in [0.2, 0.25) is 0 Å². The van der Waals surface area contributed by atoms with Gasteiger partial charge in [0.1, 0.15) is 5.90 Å². The fourth-order valence-electron chi connectivity index (χ4n) is 0.266. The van der Waals surface area contributed by atoms with Gasteiger partial charge in [0.05, 0.1) is 10.2 Å². The van der Waals surface area contributed by atoms with E-state index in [0.29, 0.717) is 0 Å². The number of amides is 1. The van der Waals surface area contributed by atoms with Gasteiger partial charge in [0.15, 0.2) is 0 Å². The molecular weight excluding hydrogens is 555 g/mol. The maximum absolute atomic E-state index is 10.0. The van der Waals surface area contributed by atoms with Crippen molar-refractivity contribution in [1.29, 1.82) is 0 Å². The van der Waals surface area contributed by atoms with E-state index in [0.717, 1.165) is 0 Å². The Bertz CT molecular complexity index is 477. The molecule has 0 aliphatic heterocycles. The summed E-state index contributed by atoms with van der Waals surface area (Å²) in [6, 6.07) is 0. The summed E-state index contributed by atoms with van der Waals surface area (Å²) in [6.45, 7) is 0. The molecule has 0 bridgehead atoms. The summed E-state index contributed by atoms with van der Waals surface area (Å²) in [7, 11) is 0. The summed E-state index contributed by atoms with van der Waals surface area (Å²) in [5.41, 5.74) is 0. The van der Waals surface area contributed by atoms with Crippen LogP contribution >= 0.6 is 0 Å². The largest absolute Gasteiger partial charge is 2.00 e. The number of nitrogens with two attached hydrogens (primary N) is 3. The average molecular weight is 563 g/mol. The molecule has 3 radical (unpaired) electrons. The van der Waals surface area contributed by atoms with E-state index in [1.54, 1.807) is 0 Å². The number of carbonyl (C=O) groups is 1. The topological polar surface area (TPSA) is 385 Å². The van der Waals surface area contributed by atoms with Gasteiger partial charge in [-0.15, -0.1) is 0 Å². The van der Waals surface area contributed by atoms with Crippen LogP contribution in [0.1, 0.15) is 0 Å². The first-order valence-corrected chi connectivity index (χ1v) is 4.56. The zero-order valence-electron chi connectivity index (χ0n) is 12.4. The van der Waals surface area contributed by atoms with Crippen LogP contribution in [0.25, 0.3) is 5.84 Å². The summed E-state index contributed by atoms with van der Waals surface area (Å²) in [4.78, 5) is 26.5. The summed E-state index contributed by atoms with van der Waals surface area (Å²) in [5, 5.41) is 74.8. The Morgan fingerprint density at radius 2 is 0.929 bits per heavy atom. The number of hydrogen-bond donors (Lipinski definition) is 4. The van der Waals surface area contributed by atoms with Gasteiger partial charge in [-0.05, 0) is 0 Å². The van der Waals surface area contributed by atoms with Crippen LogP contribution in [0.3, 0.4) is 0 Å². The first-order chi connectivity index (χ1) is 11.3. The first-order valence-electron chi connectivity index (χ1n) is 4.56. The normalized spacial score (nSPS) is 10.6. The van der Waals surface area contributed by atoms with Crippen LogP contribution < -0.4 is 38.0 Å². The molecule has 21 nitrogen and oxygen atoms in total. The van der Waals surface area contributed by atoms with Crippen molar-refractivity contribution in [2.45, 2.75) is 0 Å². The predicted octanol–water partition coefficient (Wildman–Crippen LogP) is -7.74. The maximum Gasteiger partial charge on any atom is 2.00 e. The fourth-order valence-corrected chi connectivity index (χ4v) is 0.266. The molecule has 1 amide bonds. The van der Waals surface area contributed by atoms with Crippen molar-refractivity contribution in [1.82, 2.24) is 0 Å². The Labute approximate surface area is 184 Å². The maximum atomic E-state index is 10.0. The molecule has 0 rings (SSSR count). The predicted molar refractivity (Wildman–Crippen MR) is 69.2 cm³/mol. The number of rotatable bonds is 0. The number of nitrogens with zero attached hydrogens (tertiary/aromatic N) is 5. The minimum absolute atomic E-state index is 0. The molecule has 0 saturated carbocycles. The molecule has 0 fully saturated rings. The third-order valence-corrected chi connectivity index (χ3v) is 0.935. The Morgan fingerprint density at radius 1 is 0.750 bits per heavy atom. The van der Waals surface area contributed by atoms with Crippen molar-refractivity contribution in [3.63, 3.8) is 0 Å². The molecule has 1 atom stereocenters. The Morgan fingerprint density at radius 3 is 1.00 bits per heavy atom. The number of carbonyl (C=O) groups excluding carboxylic acids is 1. The molecule has 0 aliphatic rings. The van der Waals surface area contributed by atoms with Crippen LogP contribution in [0.2, 0.25) is 0 Å². The standard InChI is InChI=1S/C2H5N4O3.C2H6N4O2.3Cu.2NO3/c3-5-1(7)2(8)6(4)9;3-5-1(7)2(8)6-4;;;;2*2-1(3)4/h4,6H,3H2,(H,5,7);3-4H2,(H,5,7)(H,6,8);;;;;/q-1;;3*+2;2*-1/p-3. The van der Waals surface area contributed by atoms with Crippen LogP contribution in [-0.2, 0) is 56.0 Å². The van der Waals surface area contributed by atoms with Crippen molar-refractivity contribution in [3.8, 4) is 0 Å². The summed E-state index contributed by atoms with van der Waals surface area (Å²) in [6.07, 6.45) is 0. The summed E-state index contributed by atoms with van der Waals surface area (Å²) in [5.74, 6) is 14.0. The van der Waals surface area contributed by atoms with Gasteiger partial charge in [0, 0.05) is 11.8 Å². The molecule has 1 unspecified atom stereocenters. The molecule has 0 aromatic rings. The number of hydrogen-bond acceptors (Lipinski definition) is 17. The minimum atomic E-state index is -1.75. The van der Waals surface area contributed by atoms with Gasteiger partial charge in [-0.3, -0.25) is 0 Å². The second-order valence-corrected chi connectivity index (χ2v) is 2.41. The van der Waals surface area contributed by atoms with Crippen LogP contribution in [0.4, 0.5) is 0 Å². The molecule has 0 heterocycles. The van der Waals surface area contributed by atoms with Crippen molar-refractivity contribution >= 4 is 23.6 Å². The van der Waals surface area contributed by atoms with Gasteiger partial charge < -0.3 is 79.7 Å². The van der Waals surface area contributed by atoms with Crippen molar-refractivity contribution < 1.29 is 86.7 Å². The quantitative estimate of drug-likeness (QED) is 0.0531. The Kier molecular flexibility index (Phi) is 46.4. The molecule has 0 aromatic heterocycles. The van der Waals surface area contributed by atoms with E-state index in [9.17, 15) is 25.3 Å². The van der Waals surface area contributed by atoms with Crippen LogP contribution in [0, 0.1) is 35.9 Å². The molecule has 0 saturated heterocycles. The van der Waals surface area contributed by atoms with E-state index in [1.165, 1.54) is 0 Å². The van der Waals surface area contributed by atoms with E-state index in [4.69, 9.17) is 36.5 Å². The fraction of sp³-hybridized carbons (Fsp3) is 0. The number of hydrazone groups is 3. The number of hydroxylamine groups is 1.